The zero-order valence-electron chi connectivity index (χ0n) is 70.6. The van der Waals surface area contributed by atoms with Gasteiger partial charge in [0.25, 0.3) is 11.8 Å². The molecular formula is C78H70Cl3F9N12O14S24. The number of fused-ring (bicyclic) bond motifs is 2. The molecule has 3 aliphatic heterocycles. The maximum Gasteiger partial charge on any atom is 0.446 e. The number of ether oxygens (including phenoxy) is 1. The molecule has 3 fully saturated rings. The van der Waals surface area contributed by atoms with Gasteiger partial charge >= 0.3 is 18.2 Å². The van der Waals surface area contributed by atoms with E-state index in [2.05, 4.69) is 98.6 Å². The molecule has 0 saturated carbocycles. The number of aliphatic hydroxyl groups excluding tert-OH is 3. The van der Waals surface area contributed by atoms with E-state index in [4.69, 9.17) is 60.9 Å². The van der Waals surface area contributed by atoms with E-state index in [-0.39, 0.29) is 58.2 Å². The lowest BCUT2D eigenvalue weighted by atomic mass is 10.0. The fourth-order valence-electron chi connectivity index (χ4n) is 12.4. The Balaban J connectivity index is 0.000000266. The molecule has 62 heteroatoms. The summed E-state index contributed by atoms with van der Waals surface area (Å²) in [4.78, 5) is 108. The van der Waals surface area contributed by atoms with Crippen molar-refractivity contribution in [1.82, 2.24) is 34.7 Å². The van der Waals surface area contributed by atoms with Crippen molar-refractivity contribution in [2.45, 2.75) is 101 Å². The van der Waals surface area contributed by atoms with Crippen molar-refractivity contribution in [3.05, 3.63) is 220 Å². The van der Waals surface area contributed by atoms with E-state index >= 15 is 8.78 Å². The fourth-order valence-corrected chi connectivity index (χ4v) is 46.0. The molecule has 3 saturated heterocycles. The minimum absolute atomic E-state index is 0.0496. The SMILES string of the molecule is CC(C)(C)OC(=O)N1C[C@H](F)[C@@H](O)[C@H]1C(=O)Nc1cccc(-c2ccccc2Cl)c1F.NC(=O)c1nn(CC(=O)N2C[C@H](F)[C@@H](O)[C@H]2C(=O)Nc2cccc(-c3ccccc3Cl)c2F)c2ccccc12.NC(=O)c1nn(CC(=O)O)c2ccccc12.O=C(Nc1cccc(-c2ccccc2Cl)c1F)[C@H]1NC[C@H](F)[C@H]1O.O=CC(F)(F)F.S=S=S=S=S=S=S.S=S=S=S=S=S=S=S.S=S=S=S=S=S=S=S=S. The first-order valence-electron chi connectivity index (χ1n) is 38.1. The number of hydrogen-bond donors (Lipinski definition) is 10. The maximum atomic E-state index is 15.4. The molecule has 0 aliphatic carbocycles. The number of aldehydes is 1. The number of benzene rings is 8. The number of primary amides is 2. The smallest absolute Gasteiger partial charge is 0.446 e. The molecule has 9 atom stereocenters. The predicted molar refractivity (Wildman–Crippen MR) is 586 cm³/mol. The highest BCUT2D eigenvalue weighted by Gasteiger charge is 2.50. The average molecular weight is 2450 g/mol. The van der Waals surface area contributed by atoms with E-state index in [9.17, 15) is 84.4 Å². The number of para-hydroxylation sites is 2. The van der Waals surface area contributed by atoms with E-state index in [1.807, 2.05) is 0 Å². The molecule has 2 aromatic heterocycles. The van der Waals surface area contributed by atoms with E-state index < -0.39 is 158 Å². The van der Waals surface area contributed by atoms with Crippen LogP contribution in [0.25, 0.3) is 55.2 Å². The Kier molecular flexibility index (Phi) is 54.3. The first-order chi connectivity index (χ1) is 66.5. The lowest BCUT2D eigenvalue weighted by Gasteiger charge is -2.28. The quantitative estimate of drug-likeness (QED) is 0.0337. The summed E-state index contributed by atoms with van der Waals surface area (Å²) in [5, 5.41) is 58.6. The third-order valence-electron chi connectivity index (χ3n) is 18.0. The number of carboxylic acids is 1. The van der Waals surface area contributed by atoms with Crippen molar-refractivity contribution < 1.29 is 108 Å². The summed E-state index contributed by atoms with van der Waals surface area (Å²) in [6, 6.07) is 42.2. The number of nitrogens with zero attached hydrogens (tertiary/aromatic N) is 6. The van der Waals surface area contributed by atoms with Gasteiger partial charge in [-0.1, -0.05) is 162 Å². The number of likely N-dealkylation sites (tertiary alicyclic amines) is 2. The molecule has 5 heterocycles. The number of hydrogen-bond acceptors (Lipinski definition) is 22. The van der Waals surface area contributed by atoms with E-state index in [1.165, 1.54) is 105 Å². The van der Waals surface area contributed by atoms with Gasteiger partial charge < -0.3 is 62.8 Å². The largest absolute Gasteiger partial charge is 0.480 e. The lowest BCUT2D eigenvalue weighted by Crippen LogP contribution is -2.49. The summed E-state index contributed by atoms with van der Waals surface area (Å²) < 4.78 is 126. The van der Waals surface area contributed by atoms with Gasteiger partial charge in [0.15, 0.2) is 28.8 Å². The Morgan fingerprint density at radius 3 is 1.09 bits per heavy atom. The van der Waals surface area contributed by atoms with Crippen molar-refractivity contribution in [2.24, 2.45) is 11.5 Å². The number of aliphatic carboxylic acids is 1. The van der Waals surface area contributed by atoms with Crippen LogP contribution in [0.5, 0.6) is 0 Å². The number of nitrogens with two attached hydrogens (primary N) is 2. The Morgan fingerprint density at radius 2 is 0.764 bits per heavy atom. The standard InChI is InChI=1S/C27H22ClF2N5O4.C22H23ClF2N2O4.C17H15ClF2N2O2.C10H9N3O3.C2HF3O.S9.S8.S7/c28-17-9-3-1-6-14(17)15-8-5-10-19(22(15)30)32-27(39)24-25(37)18(29)12-34(24)21(36)13-35-20-11-4-2-7-16(20)23(33-35)26(31)38;1-22(2,3)31-21(30)27-11-15(24)19(28)18(27)20(29)26-16-10-6-8-13(17(16)25)12-7-4-5-9-14(12)23;18-11-6-2-1-4-9(11)10-5-3-7-13(14(10)20)22-17(24)15-16(23)12(19)8-21-15;11-10(16)9-6-3-1-2-4-7(6)13(12-9)5-8(14)15;3-2(4,5)1-6;1-3-5-7-9-8-6-4-2;1-3-5-7-8-6-4-2;1-3-5-7-6-4-2/h1-11,18,24-25,37H,12-13H2,(H2,31,38)(H,32,39);4-10,15,18-19,28H,11H2,1-3H3,(H,26,29);1-7,12,15-16,21,23H,8H2,(H,22,24);1-4H,5H2,(H2,11,16)(H,14,15);1H;;;/t18-,24-,25+;15-,18-,19+;12-,15-,16+;;;;;/m000...../s1. The van der Waals surface area contributed by atoms with Gasteiger partial charge in [-0.15, -0.1) is 0 Å². The van der Waals surface area contributed by atoms with Crippen molar-refractivity contribution in [3.63, 3.8) is 0 Å². The average Bonchev–Trinajstić information content (AvgIpc) is 1.53. The van der Waals surface area contributed by atoms with Crippen molar-refractivity contribution in [3.8, 4) is 33.4 Å². The summed E-state index contributed by atoms with van der Waals surface area (Å²) >= 11 is 46.0. The zero-order chi connectivity index (χ0) is 104. The first-order valence-corrected chi connectivity index (χ1v) is 67.2. The molecule has 12 N–H and O–H groups in total. The van der Waals surface area contributed by atoms with Gasteiger partial charge in [0.1, 0.15) is 73.6 Å². The second-order valence-corrected chi connectivity index (χ2v) is 61.0. The Hall–Kier alpha value is -6.71. The van der Waals surface area contributed by atoms with Crippen LogP contribution in [-0.4, -0.2) is 190 Å². The predicted octanol–water partition coefficient (Wildman–Crippen LogP) is 11.2. The van der Waals surface area contributed by atoms with Gasteiger partial charge in [-0.25, -0.2) is 31.1 Å². The highest BCUT2D eigenvalue weighted by molar-refractivity contribution is 8.72. The van der Waals surface area contributed by atoms with Crippen LogP contribution >= 0.6 is 34.8 Å². The molecule has 0 bridgehead atoms. The molecule has 0 spiro atoms. The summed E-state index contributed by atoms with van der Waals surface area (Å²) in [6.07, 6.45) is -17.0. The van der Waals surface area contributed by atoms with Crippen LogP contribution in [0.2, 0.25) is 15.1 Å². The molecule has 3 aliphatic rings. The number of aliphatic hydroxyl groups is 3. The molecule has 754 valence electrons. The maximum absolute atomic E-state index is 15.4. The normalized spacial score (nSPS) is 16.7. The fraction of sp³-hybridized carbons (Fsp3) is 0.244. The molecule has 7 amide bonds. The van der Waals surface area contributed by atoms with Crippen LogP contribution in [0.4, 0.5) is 61.4 Å². The van der Waals surface area contributed by atoms with Crippen molar-refractivity contribution >= 4 is 354 Å². The molecule has 26 nitrogen and oxygen atoms in total. The number of carbonyl (C=O) groups excluding carboxylic acids is 8. The number of carboxylic acid groups (broad SMARTS) is 1. The minimum atomic E-state index is -4.64. The van der Waals surface area contributed by atoms with Crippen LogP contribution in [0, 0.1) is 17.5 Å². The molecule has 8 aromatic carbocycles. The summed E-state index contributed by atoms with van der Waals surface area (Å²) in [5.74, 6) is -8.03. The van der Waals surface area contributed by atoms with Gasteiger partial charge in [-0.05, 0) is 69.3 Å². The Labute approximate surface area is 887 Å². The van der Waals surface area contributed by atoms with E-state index in [0.29, 0.717) is 53.6 Å². The molecule has 10 aromatic rings. The number of alkyl halides is 6. The van der Waals surface area contributed by atoms with Crippen LogP contribution in [-0.2, 0) is 274 Å². The number of nitrogens with one attached hydrogen (secondary N) is 4. The second kappa shape index (κ2) is 62.3. The molecule has 0 radical (unpaired) electrons. The second-order valence-electron chi connectivity index (χ2n) is 27.9. The van der Waals surface area contributed by atoms with Gasteiger partial charge in [-0.3, -0.25) is 52.6 Å². The number of amides is 7. The van der Waals surface area contributed by atoms with Gasteiger partial charge in [0, 0.05) is 293 Å². The van der Waals surface area contributed by atoms with E-state index in [0.717, 1.165) is 9.80 Å². The first kappa shape index (κ1) is 122. The minimum Gasteiger partial charge on any atom is -0.480 e. The third kappa shape index (κ3) is 38.0. The van der Waals surface area contributed by atoms with Gasteiger partial charge in [-0.2, -0.15) is 23.4 Å². The third-order valence-corrected chi connectivity index (χ3v) is 52.3. The van der Waals surface area contributed by atoms with E-state index in [1.54, 1.807) is 261 Å². The summed E-state index contributed by atoms with van der Waals surface area (Å²) in [7, 11) is 27.4. The molecule has 13 rings (SSSR count). The Morgan fingerprint density at radius 1 is 0.457 bits per heavy atom. The number of halogens is 12. The van der Waals surface area contributed by atoms with Crippen LogP contribution in [0.15, 0.2) is 176 Å². The van der Waals surface area contributed by atoms with Crippen molar-refractivity contribution in [1.29, 1.82) is 0 Å². The number of aromatic nitrogens is 4. The number of anilines is 3. The number of carbonyl (C=O) groups is 9. The molecular weight excluding hydrogens is 2380 g/mol. The van der Waals surface area contributed by atoms with Crippen LogP contribution in [0.1, 0.15) is 41.7 Å². The Bertz CT molecular complexity index is 7070. The van der Waals surface area contributed by atoms with Crippen LogP contribution < -0.4 is 32.7 Å². The lowest BCUT2D eigenvalue weighted by molar-refractivity contribution is -0.156. The molecule has 0 unspecified atom stereocenters. The van der Waals surface area contributed by atoms with Gasteiger partial charge in [0.2, 0.25) is 29.9 Å². The number of rotatable bonds is 15. The van der Waals surface area contributed by atoms with Gasteiger partial charge in [0.05, 0.1) is 41.2 Å². The highest BCUT2D eigenvalue weighted by atomic mass is 35.5. The summed E-state index contributed by atoms with van der Waals surface area (Å²) in [5.41, 5.74) is 12.1. The molecule has 140 heavy (non-hydrogen) atoms. The monoisotopic (exact) mass is 2440 g/mol. The topological polar surface area (TPSA) is 386 Å². The van der Waals surface area contributed by atoms with Crippen molar-refractivity contribution in [2.75, 3.05) is 35.6 Å². The van der Waals surface area contributed by atoms with Crippen LogP contribution in [0.3, 0.4) is 0 Å². The highest BCUT2D eigenvalue weighted by Crippen LogP contribution is 2.38. The summed E-state index contributed by atoms with van der Waals surface area (Å²) in [6.45, 7) is 2.89. The zero-order valence-corrected chi connectivity index (χ0v) is 92.5.